The highest BCUT2D eigenvalue weighted by Gasteiger charge is 2.33. The van der Waals surface area contributed by atoms with E-state index in [0.717, 1.165) is 18.9 Å². The zero-order valence-electron chi connectivity index (χ0n) is 15.2. The minimum absolute atomic E-state index is 0.0643. The second-order valence-corrected chi connectivity index (χ2v) is 6.69. The predicted molar refractivity (Wildman–Crippen MR) is 94.6 cm³/mol. The second-order valence-electron chi connectivity index (χ2n) is 6.69. The number of carbonyl (C=O) groups is 1. The van der Waals surface area contributed by atoms with Crippen LogP contribution < -0.4 is 10.6 Å². The van der Waals surface area contributed by atoms with Gasteiger partial charge in [0.25, 0.3) is 0 Å². The van der Waals surface area contributed by atoms with E-state index in [1.807, 2.05) is 6.92 Å². The monoisotopic (exact) mass is 396 g/mol. The normalized spacial score (nSPS) is 16.3. The molecule has 0 aliphatic heterocycles. The van der Waals surface area contributed by atoms with Crippen LogP contribution in [0.2, 0.25) is 0 Å². The van der Waals surface area contributed by atoms with Crippen molar-refractivity contribution in [3.05, 3.63) is 23.9 Å². The third-order valence-electron chi connectivity index (χ3n) is 4.31. The summed E-state index contributed by atoms with van der Waals surface area (Å²) in [7, 11) is 0. The van der Waals surface area contributed by atoms with Gasteiger partial charge in [-0.3, -0.25) is 4.79 Å². The molecule has 0 unspecified atom stereocenters. The molecule has 3 N–H and O–H groups in total. The molecular formula is C17H19F3N6O2. The van der Waals surface area contributed by atoms with E-state index < -0.39 is 23.9 Å². The molecule has 1 saturated carbocycles. The van der Waals surface area contributed by atoms with Crippen LogP contribution in [0.1, 0.15) is 32.4 Å². The van der Waals surface area contributed by atoms with Crippen LogP contribution in [0.25, 0.3) is 11.5 Å². The van der Waals surface area contributed by atoms with E-state index in [1.54, 1.807) is 0 Å². The SMILES string of the molecule is C[C@@H](Nc1nc(N[C@H](C)C2CC2)nc(-c2cccc(C(F)(F)F)n2)n1)C(=O)O. The first kappa shape index (κ1) is 19.8. The number of halogens is 3. The Bertz CT molecular complexity index is 872. The molecule has 2 aromatic rings. The Morgan fingerprint density at radius 2 is 1.75 bits per heavy atom. The van der Waals surface area contributed by atoms with Gasteiger partial charge < -0.3 is 15.7 Å². The molecule has 1 aliphatic carbocycles. The number of hydrogen-bond donors (Lipinski definition) is 3. The van der Waals surface area contributed by atoms with Gasteiger partial charge in [0.2, 0.25) is 11.9 Å². The molecule has 2 aromatic heterocycles. The molecule has 3 rings (SSSR count). The van der Waals surface area contributed by atoms with E-state index in [4.69, 9.17) is 5.11 Å². The summed E-state index contributed by atoms with van der Waals surface area (Å²) in [5.41, 5.74) is -1.16. The maximum absolute atomic E-state index is 13.0. The third kappa shape index (κ3) is 4.84. The van der Waals surface area contributed by atoms with Gasteiger partial charge in [0.05, 0.1) is 0 Å². The Morgan fingerprint density at radius 3 is 2.32 bits per heavy atom. The third-order valence-corrected chi connectivity index (χ3v) is 4.31. The van der Waals surface area contributed by atoms with Crippen molar-refractivity contribution in [2.75, 3.05) is 10.6 Å². The first-order chi connectivity index (χ1) is 13.1. The minimum Gasteiger partial charge on any atom is -0.480 e. The molecule has 8 nitrogen and oxygen atoms in total. The number of alkyl halides is 3. The Balaban J connectivity index is 1.97. The number of carboxylic acid groups (broad SMARTS) is 1. The van der Waals surface area contributed by atoms with Crippen LogP contribution in [0.3, 0.4) is 0 Å². The van der Waals surface area contributed by atoms with E-state index in [-0.39, 0.29) is 29.5 Å². The van der Waals surface area contributed by atoms with Gasteiger partial charge in [-0.05, 0) is 44.7 Å². The van der Waals surface area contributed by atoms with Gasteiger partial charge in [0.15, 0.2) is 5.82 Å². The van der Waals surface area contributed by atoms with E-state index in [9.17, 15) is 18.0 Å². The molecule has 0 spiro atoms. The van der Waals surface area contributed by atoms with Gasteiger partial charge in [0, 0.05) is 6.04 Å². The quantitative estimate of drug-likeness (QED) is 0.655. The Kier molecular flexibility index (Phi) is 5.34. The molecule has 28 heavy (non-hydrogen) atoms. The molecule has 0 radical (unpaired) electrons. The maximum Gasteiger partial charge on any atom is 0.433 e. The first-order valence-electron chi connectivity index (χ1n) is 8.70. The summed E-state index contributed by atoms with van der Waals surface area (Å²) in [4.78, 5) is 27.0. The molecule has 0 bridgehead atoms. The number of hydrogen-bond acceptors (Lipinski definition) is 7. The van der Waals surface area contributed by atoms with Crippen LogP contribution in [-0.4, -0.2) is 43.1 Å². The molecule has 0 aromatic carbocycles. The highest BCUT2D eigenvalue weighted by Crippen LogP contribution is 2.34. The van der Waals surface area contributed by atoms with Crippen molar-refractivity contribution in [3.8, 4) is 11.5 Å². The fourth-order valence-electron chi connectivity index (χ4n) is 2.51. The molecule has 150 valence electrons. The van der Waals surface area contributed by atoms with Gasteiger partial charge in [-0.25, -0.2) is 4.98 Å². The number of carboxylic acids is 1. The lowest BCUT2D eigenvalue weighted by Gasteiger charge is -2.16. The van der Waals surface area contributed by atoms with Crippen LogP contribution in [0, 0.1) is 5.92 Å². The summed E-state index contributed by atoms with van der Waals surface area (Å²) in [6, 6.07) is 2.48. The lowest BCUT2D eigenvalue weighted by Crippen LogP contribution is -2.27. The van der Waals surface area contributed by atoms with Crippen molar-refractivity contribution in [2.45, 2.75) is 44.9 Å². The van der Waals surface area contributed by atoms with Crippen LogP contribution in [-0.2, 0) is 11.0 Å². The molecule has 0 amide bonds. The summed E-state index contributed by atoms with van der Waals surface area (Å²) in [5, 5.41) is 14.8. The molecular weight excluding hydrogens is 377 g/mol. The fourth-order valence-corrected chi connectivity index (χ4v) is 2.51. The average Bonchev–Trinajstić information content (AvgIpc) is 3.46. The Hall–Kier alpha value is -2.98. The smallest absolute Gasteiger partial charge is 0.433 e. The maximum atomic E-state index is 13.0. The minimum atomic E-state index is -4.61. The molecule has 1 aliphatic rings. The molecule has 2 heterocycles. The standard InChI is InChI=1S/C17H19F3N6O2/c1-8(10-6-7-10)21-15-24-13(25-16(26-15)22-9(2)14(27)28)11-4-3-5-12(23-11)17(18,19)20/h3-5,8-10H,6-7H2,1-2H3,(H,27,28)(H2,21,22,24,25,26)/t8-,9-/m1/s1. The van der Waals surface area contributed by atoms with Crippen molar-refractivity contribution < 1.29 is 23.1 Å². The summed E-state index contributed by atoms with van der Waals surface area (Å²) >= 11 is 0. The highest BCUT2D eigenvalue weighted by molar-refractivity contribution is 5.76. The van der Waals surface area contributed by atoms with Gasteiger partial charge in [-0.15, -0.1) is 0 Å². The van der Waals surface area contributed by atoms with E-state index >= 15 is 0 Å². The zero-order valence-corrected chi connectivity index (χ0v) is 15.2. The average molecular weight is 396 g/mol. The molecule has 1 fully saturated rings. The van der Waals surface area contributed by atoms with Crippen molar-refractivity contribution in [1.82, 2.24) is 19.9 Å². The largest absolute Gasteiger partial charge is 0.480 e. The van der Waals surface area contributed by atoms with Crippen LogP contribution in [0.4, 0.5) is 25.1 Å². The predicted octanol–water partition coefficient (Wildman–Crippen LogP) is 3.05. The summed E-state index contributed by atoms with van der Waals surface area (Å²) in [6.07, 6.45) is -2.46. The van der Waals surface area contributed by atoms with Gasteiger partial charge >= 0.3 is 12.1 Å². The number of rotatable bonds is 7. The topological polar surface area (TPSA) is 113 Å². The van der Waals surface area contributed by atoms with Gasteiger partial charge in [-0.2, -0.15) is 28.1 Å². The van der Waals surface area contributed by atoms with Crippen molar-refractivity contribution >= 4 is 17.9 Å². The summed E-state index contributed by atoms with van der Waals surface area (Å²) in [5.74, 6) is -0.666. The molecule has 0 saturated heterocycles. The van der Waals surface area contributed by atoms with Crippen molar-refractivity contribution in [2.24, 2.45) is 5.92 Å². The number of nitrogens with zero attached hydrogens (tertiary/aromatic N) is 4. The highest BCUT2D eigenvalue weighted by atomic mass is 19.4. The molecule has 11 heteroatoms. The number of anilines is 2. The lowest BCUT2D eigenvalue weighted by molar-refractivity contribution is -0.141. The van der Waals surface area contributed by atoms with Crippen molar-refractivity contribution in [1.29, 1.82) is 0 Å². The van der Waals surface area contributed by atoms with E-state index in [0.29, 0.717) is 5.92 Å². The van der Waals surface area contributed by atoms with Crippen LogP contribution >= 0.6 is 0 Å². The number of pyridine rings is 1. The first-order valence-corrected chi connectivity index (χ1v) is 8.70. The summed E-state index contributed by atoms with van der Waals surface area (Å²) < 4.78 is 38.9. The number of nitrogens with one attached hydrogen (secondary N) is 2. The van der Waals surface area contributed by atoms with Crippen LogP contribution in [0.5, 0.6) is 0 Å². The second kappa shape index (κ2) is 7.56. The van der Waals surface area contributed by atoms with E-state index in [1.165, 1.54) is 19.1 Å². The Labute approximate surface area is 158 Å². The number of aromatic nitrogens is 4. The molecule has 2 atom stereocenters. The Morgan fingerprint density at radius 1 is 1.11 bits per heavy atom. The lowest BCUT2D eigenvalue weighted by atomic mass is 10.2. The van der Waals surface area contributed by atoms with Crippen molar-refractivity contribution in [3.63, 3.8) is 0 Å². The van der Waals surface area contributed by atoms with Gasteiger partial charge in [0.1, 0.15) is 17.4 Å². The number of aliphatic carboxylic acids is 1. The fraction of sp³-hybridized carbons (Fsp3) is 0.471. The zero-order chi connectivity index (χ0) is 20.5. The summed E-state index contributed by atoms with van der Waals surface area (Å²) in [6.45, 7) is 3.35. The van der Waals surface area contributed by atoms with E-state index in [2.05, 4.69) is 30.6 Å². The van der Waals surface area contributed by atoms with Crippen LogP contribution in [0.15, 0.2) is 18.2 Å². The van der Waals surface area contributed by atoms with Gasteiger partial charge in [-0.1, -0.05) is 6.07 Å².